The van der Waals surface area contributed by atoms with Crippen molar-refractivity contribution in [1.29, 1.82) is 0 Å². The van der Waals surface area contributed by atoms with Crippen LogP contribution in [0.2, 0.25) is 0 Å². The monoisotopic (exact) mass is 226 g/mol. The maximum absolute atomic E-state index is 11.9. The fourth-order valence-electron chi connectivity index (χ4n) is 1.11. The van der Waals surface area contributed by atoms with Crippen molar-refractivity contribution in [2.75, 3.05) is 12.9 Å². The molecule has 1 aromatic carbocycles. The molecule has 0 amide bonds. The number of hydrogen-bond acceptors (Lipinski definition) is 3. The molecule has 0 aliphatic heterocycles. The van der Waals surface area contributed by atoms with Crippen molar-refractivity contribution in [3.63, 3.8) is 0 Å². The molecule has 0 atom stereocenters. The van der Waals surface area contributed by atoms with Crippen LogP contribution in [0, 0.1) is 0 Å². The molecule has 0 N–H and O–H groups in total. The third kappa shape index (κ3) is 3.47. The molecule has 1 aromatic rings. The predicted octanol–water partition coefficient (Wildman–Crippen LogP) is 2.52. The molecule has 1 rings (SSSR count). The highest BCUT2D eigenvalue weighted by molar-refractivity contribution is 7.98. The van der Waals surface area contributed by atoms with Gasteiger partial charge in [-0.3, -0.25) is 9.59 Å². The van der Waals surface area contributed by atoms with Gasteiger partial charge in [0.2, 0.25) is 0 Å². The van der Waals surface area contributed by atoms with Gasteiger partial charge in [0, 0.05) is 10.5 Å². The summed E-state index contributed by atoms with van der Waals surface area (Å²) in [6, 6.07) is 6.91. The molecule has 0 heterocycles. The highest BCUT2D eigenvalue weighted by atomic mass is 32.2. The number of thioether (sulfide) groups is 1. The van der Waals surface area contributed by atoms with Crippen molar-refractivity contribution in [2.24, 2.45) is 0 Å². The quantitative estimate of drug-likeness (QED) is 0.439. The number of Topliss-reactive ketones (excluding diaryl/α,β-unsaturated/α-hetero) is 2. The van der Waals surface area contributed by atoms with Crippen molar-refractivity contribution in [3.8, 4) is 0 Å². The smallest absolute Gasteiger partial charge is 0.171 e. The molecule has 0 radical (unpaired) electrons. The lowest BCUT2D eigenvalue weighted by Crippen LogP contribution is -2.09. The Hall–Kier alpha value is -1.16. The lowest BCUT2D eigenvalue weighted by molar-refractivity contribution is -0.119. The van der Waals surface area contributed by atoms with Crippen molar-refractivity contribution in [2.45, 2.75) is 11.3 Å². The lowest BCUT2D eigenvalue weighted by atomic mass is 10.1. The van der Waals surface area contributed by atoms with Crippen LogP contribution in [0.4, 0.5) is 4.39 Å². The first kappa shape index (κ1) is 11.9. The number of carbonyl (C=O) groups is 2. The summed E-state index contributed by atoms with van der Waals surface area (Å²) in [7, 11) is 0. The van der Waals surface area contributed by atoms with E-state index in [1.807, 2.05) is 6.26 Å². The van der Waals surface area contributed by atoms with Crippen LogP contribution < -0.4 is 0 Å². The van der Waals surface area contributed by atoms with Crippen LogP contribution in [0.5, 0.6) is 0 Å². The standard InChI is InChI=1S/C11H11FO2S/c1-15-10-4-2-8(3-5-10)11(14)6-9(13)7-12/h2-5H,6-7H2,1H3. The molecule has 0 aliphatic rings. The Balaban J connectivity index is 2.70. The van der Waals surface area contributed by atoms with E-state index in [2.05, 4.69) is 0 Å². The van der Waals surface area contributed by atoms with Gasteiger partial charge in [-0.2, -0.15) is 0 Å². The van der Waals surface area contributed by atoms with Crippen molar-refractivity contribution >= 4 is 23.3 Å². The van der Waals surface area contributed by atoms with Crippen molar-refractivity contribution < 1.29 is 14.0 Å². The van der Waals surface area contributed by atoms with Crippen LogP contribution >= 0.6 is 11.8 Å². The van der Waals surface area contributed by atoms with Gasteiger partial charge in [0.25, 0.3) is 0 Å². The van der Waals surface area contributed by atoms with Gasteiger partial charge in [-0.05, 0) is 18.4 Å². The summed E-state index contributed by atoms with van der Waals surface area (Å²) in [5.74, 6) is -1.00. The molecule has 0 saturated heterocycles. The Morgan fingerprint density at radius 3 is 2.33 bits per heavy atom. The average Bonchev–Trinajstić information content (AvgIpc) is 2.29. The van der Waals surface area contributed by atoms with E-state index >= 15 is 0 Å². The van der Waals surface area contributed by atoms with E-state index in [1.165, 1.54) is 0 Å². The molecule has 4 heteroatoms. The number of alkyl halides is 1. The Morgan fingerprint density at radius 1 is 1.27 bits per heavy atom. The molecule has 0 saturated carbocycles. The minimum Gasteiger partial charge on any atom is -0.296 e. The van der Waals surface area contributed by atoms with Crippen LogP contribution in [0.15, 0.2) is 29.2 Å². The molecule has 15 heavy (non-hydrogen) atoms. The zero-order valence-corrected chi connectivity index (χ0v) is 9.14. The summed E-state index contributed by atoms with van der Waals surface area (Å²) in [4.78, 5) is 23.2. The zero-order chi connectivity index (χ0) is 11.3. The Kier molecular flexibility index (Phi) is 4.49. The molecule has 0 unspecified atom stereocenters. The number of benzene rings is 1. The highest BCUT2D eigenvalue weighted by Gasteiger charge is 2.11. The second-order valence-electron chi connectivity index (χ2n) is 3.00. The van der Waals surface area contributed by atoms with Gasteiger partial charge in [-0.15, -0.1) is 11.8 Å². The molecule has 0 bridgehead atoms. The summed E-state index contributed by atoms with van der Waals surface area (Å²) in [6.45, 7) is -1.07. The number of ketones is 2. The van der Waals surface area contributed by atoms with Gasteiger partial charge < -0.3 is 0 Å². The first-order chi connectivity index (χ1) is 7.17. The molecule has 80 valence electrons. The fourth-order valence-corrected chi connectivity index (χ4v) is 1.51. The van der Waals surface area contributed by atoms with Gasteiger partial charge in [0.1, 0.15) is 6.67 Å². The molecule has 0 fully saturated rings. The highest BCUT2D eigenvalue weighted by Crippen LogP contribution is 2.15. The zero-order valence-electron chi connectivity index (χ0n) is 8.33. The summed E-state index contributed by atoms with van der Waals surface area (Å²) < 4.78 is 11.9. The van der Waals surface area contributed by atoms with Crippen molar-refractivity contribution in [3.05, 3.63) is 29.8 Å². The van der Waals surface area contributed by atoms with Gasteiger partial charge in [0.05, 0.1) is 6.42 Å². The van der Waals surface area contributed by atoms with E-state index in [0.717, 1.165) is 4.90 Å². The lowest BCUT2D eigenvalue weighted by Gasteiger charge is -2.00. The average molecular weight is 226 g/mol. The maximum Gasteiger partial charge on any atom is 0.171 e. The molecule has 0 spiro atoms. The molecular weight excluding hydrogens is 215 g/mol. The SMILES string of the molecule is CSc1ccc(C(=O)CC(=O)CF)cc1. The van der Waals surface area contributed by atoms with Gasteiger partial charge >= 0.3 is 0 Å². The van der Waals surface area contributed by atoms with E-state index in [9.17, 15) is 14.0 Å². The minimum atomic E-state index is -1.07. The van der Waals surface area contributed by atoms with Gasteiger partial charge in [-0.25, -0.2) is 4.39 Å². The van der Waals surface area contributed by atoms with Crippen LogP contribution in [0.1, 0.15) is 16.8 Å². The van der Waals surface area contributed by atoms with Crippen LogP contribution in [0.3, 0.4) is 0 Å². The number of hydrogen-bond donors (Lipinski definition) is 0. The second kappa shape index (κ2) is 5.66. The van der Waals surface area contributed by atoms with E-state index in [-0.39, 0.29) is 12.2 Å². The summed E-state index contributed by atoms with van der Waals surface area (Å²) in [5.41, 5.74) is 0.453. The van der Waals surface area contributed by atoms with E-state index in [4.69, 9.17) is 0 Å². The van der Waals surface area contributed by atoms with Gasteiger partial charge in [0.15, 0.2) is 11.6 Å². The van der Waals surface area contributed by atoms with Crippen LogP contribution in [0.25, 0.3) is 0 Å². The number of carbonyl (C=O) groups excluding carboxylic acids is 2. The first-order valence-electron chi connectivity index (χ1n) is 4.42. The number of halogens is 1. The molecular formula is C11H11FO2S. The van der Waals surface area contributed by atoms with Crippen LogP contribution in [-0.4, -0.2) is 24.5 Å². The van der Waals surface area contributed by atoms with E-state index in [0.29, 0.717) is 5.56 Å². The van der Waals surface area contributed by atoms with Gasteiger partial charge in [-0.1, -0.05) is 12.1 Å². The third-order valence-electron chi connectivity index (χ3n) is 1.92. The van der Waals surface area contributed by atoms with E-state index < -0.39 is 12.5 Å². The van der Waals surface area contributed by atoms with E-state index in [1.54, 1.807) is 36.0 Å². The number of rotatable bonds is 5. The molecule has 0 aromatic heterocycles. The summed E-state index contributed by atoms with van der Waals surface area (Å²) >= 11 is 1.57. The van der Waals surface area contributed by atoms with Crippen LogP contribution in [-0.2, 0) is 4.79 Å². The maximum atomic E-state index is 11.9. The summed E-state index contributed by atoms with van der Waals surface area (Å²) in [5, 5.41) is 0. The molecule has 2 nitrogen and oxygen atoms in total. The Labute approximate surface area is 91.9 Å². The summed E-state index contributed by atoms with van der Waals surface area (Å²) in [6.07, 6.45) is 1.58. The Bertz CT molecular complexity index is 359. The largest absolute Gasteiger partial charge is 0.296 e. The fraction of sp³-hybridized carbons (Fsp3) is 0.273. The first-order valence-corrected chi connectivity index (χ1v) is 5.64. The normalized spacial score (nSPS) is 10.0. The molecule has 0 aliphatic carbocycles. The second-order valence-corrected chi connectivity index (χ2v) is 3.88. The van der Waals surface area contributed by atoms with Crippen molar-refractivity contribution in [1.82, 2.24) is 0 Å². The topological polar surface area (TPSA) is 34.1 Å². The Morgan fingerprint density at radius 2 is 1.87 bits per heavy atom. The minimum absolute atomic E-state index is 0.328. The predicted molar refractivity (Wildman–Crippen MR) is 58.2 cm³/mol. The third-order valence-corrected chi connectivity index (χ3v) is 2.66.